The summed E-state index contributed by atoms with van der Waals surface area (Å²) in [6.07, 6.45) is 0. The largest absolute Gasteiger partial charge is 0.488 e. The Balaban J connectivity index is 1.55. The second-order valence-corrected chi connectivity index (χ2v) is 8.11. The maximum atomic E-state index is 12.4. The number of esters is 1. The SMILES string of the molecule is COC(=O)c1cc(C(C)NC(=O)CNC(=O)Nc2ccc(C(=N)N)cc2)ccc1OCc1ccccc1. The predicted octanol–water partition coefficient (Wildman–Crippen LogP) is 3.34. The topological polar surface area (TPSA) is 156 Å². The van der Waals surface area contributed by atoms with Crippen LogP contribution < -0.4 is 26.4 Å². The first-order chi connectivity index (χ1) is 17.8. The van der Waals surface area contributed by atoms with E-state index in [0.29, 0.717) is 22.6 Å². The predicted molar refractivity (Wildman–Crippen MR) is 140 cm³/mol. The fourth-order valence-electron chi connectivity index (χ4n) is 3.39. The van der Waals surface area contributed by atoms with Gasteiger partial charge < -0.3 is 31.2 Å². The Morgan fingerprint density at radius 3 is 2.35 bits per heavy atom. The second kappa shape index (κ2) is 12.7. The summed E-state index contributed by atoms with van der Waals surface area (Å²) in [6.45, 7) is 1.78. The number of anilines is 1. The number of ether oxygens (including phenoxy) is 2. The highest BCUT2D eigenvalue weighted by molar-refractivity contribution is 5.96. The Kier molecular flexibility index (Phi) is 9.20. The number of hydrogen-bond donors (Lipinski definition) is 5. The summed E-state index contributed by atoms with van der Waals surface area (Å²) in [5.41, 5.74) is 8.29. The average molecular weight is 504 g/mol. The van der Waals surface area contributed by atoms with Crippen LogP contribution in [0.25, 0.3) is 0 Å². The van der Waals surface area contributed by atoms with Gasteiger partial charge in [-0.2, -0.15) is 0 Å². The minimum atomic E-state index is -0.564. The van der Waals surface area contributed by atoms with Gasteiger partial charge >= 0.3 is 12.0 Å². The summed E-state index contributed by atoms with van der Waals surface area (Å²) in [7, 11) is 1.29. The Labute approximate surface area is 214 Å². The summed E-state index contributed by atoms with van der Waals surface area (Å²) < 4.78 is 10.7. The molecule has 6 N–H and O–H groups in total. The summed E-state index contributed by atoms with van der Waals surface area (Å²) in [5, 5.41) is 15.3. The molecule has 1 atom stereocenters. The summed E-state index contributed by atoms with van der Waals surface area (Å²) in [4.78, 5) is 36.9. The molecule has 3 rings (SSSR count). The first kappa shape index (κ1) is 26.7. The zero-order chi connectivity index (χ0) is 26.8. The van der Waals surface area contributed by atoms with E-state index in [-0.39, 0.29) is 24.6 Å². The van der Waals surface area contributed by atoms with Crippen molar-refractivity contribution in [3.63, 3.8) is 0 Å². The second-order valence-electron chi connectivity index (χ2n) is 8.11. The molecule has 0 aromatic heterocycles. The lowest BCUT2D eigenvalue weighted by atomic mass is 10.0. The molecule has 3 aromatic rings. The molecule has 192 valence electrons. The molecule has 0 spiro atoms. The number of nitrogen functional groups attached to an aromatic ring is 1. The van der Waals surface area contributed by atoms with Crippen LogP contribution in [0.3, 0.4) is 0 Å². The van der Waals surface area contributed by atoms with Crippen LogP contribution in [0, 0.1) is 5.41 Å². The first-order valence-corrected chi connectivity index (χ1v) is 11.4. The molecule has 0 fully saturated rings. The fraction of sp³-hybridized carbons (Fsp3) is 0.185. The van der Waals surface area contributed by atoms with E-state index in [1.165, 1.54) is 7.11 Å². The van der Waals surface area contributed by atoms with Gasteiger partial charge in [-0.3, -0.25) is 10.2 Å². The Bertz CT molecular complexity index is 1260. The zero-order valence-electron chi connectivity index (χ0n) is 20.5. The molecule has 0 aliphatic rings. The van der Waals surface area contributed by atoms with E-state index in [4.69, 9.17) is 20.6 Å². The van der Waals surface area contributed by atoms with E-state index >= 15 is 0 Å². The van der Waals surface area contributed by atoms with Gasteiger partial charge in [0.2, 0.25) is 5.91 Å². The summed E-state index contributed by atoms with van der Waals surface area (Å²) in [6, 6.07) is 20.0. The zero-order valence-corrected chi connectivity index (χ0v) is 20.5. The number of rotatable bonds is 10. The van der Waals surface area contributed by atoms with Crippen molar-refractivity contribution in [1.29, 1.82) is 5.41 Å². The molecule has 3 amide bonds. The molecule has 0 heterocycles. The van der Waals surface area contributed by atoms with Crippen molar-refractivity contribution >= 4 is 29.4 Å². The van der Waals surface area contributed by atoms with Gasteiger partial charge in [-0.25, -0.2) is 9.59 Å². The molecule has 0 radical (unpaired) electrons. The van der Waals surface area contributed by atoms with Gasteiger partial charge in [-0.1, -0.05) is 36.4 Å². The van der Waals surface area contributed by atoms with Crippen LogP contribution in [0.1, 0.15) is 40.0 Å². The van der Waals surface area contributed by atoms with Crippen LogP contribution in [0.5, 0.6) is 5.75 Å². The minimum absolute atomic E-state index is 0.0742. The fourth-order valence-corrected chi connectivity index (χ4v) is 3.39. The van der Waals surface area contributed by atoms with Gasteiger partial charge in [0.15, 0.2) is 0 Å². The quantitative estimate of drug-likeness (QED) is 0.162. The van der Waals surface area contributed by atoms with Crippen molar-refractivity contribution in [1.82, 2.24) is 10.6 Å². The number of amidine groups is 1. The molecule has 0 aliphatic heterocycles. The van der Waals surface area contributed by atoms with Crippen LogP contribution in [0.15, 0.2) is 72.8 Å². The minimum Gasteiger partial charge on any atom is -0.488 e. The van der Waals surface area contributed by atoms with Crippen molar-refractivity contribution in [2.75, 3.05) is 19.0 Å². The van der Waals surface area contributed by atoms with Crippen molar-refractivity contribution in [2.24, 2.45) is 5.73 Å². The van der Waals surface area contributed by atoms with Crippen molar-refractivity contribution < 1.29 is 23.9 Å². The number of nitrogens with two attached hydrogens (primary N) is 1. The highest BCUT2D eigenvalue weighted by Gasteiger charge is 2.18. The third kappa shape index (κ3) is 7.82. The van der Waals surface area contributed by atoms with Gasteiger partial charge in [0.05, 0.1) is 19.7 Å². The van der Waals surface area contributed by atoms with E-state index in [0.717, 1.165) is 5.56 Å². The van der Waals surface area contributed by atoms with Gasteiger partial charge in [-0.05, 0) is 54.4 Å². The molecular formula is C27H29N5O5. The maximum absolute atomic E-state index is 12.4. The van der Waals surface area contributed by atoms with Crippen molar-refractivity contribution in [2.45, 2.75) is 19.6 Å². The number of urea groups is 1. The van der Waals surface area contributed by atoms with Crippen LogP contribution in [0.2, 0.25) is 0 Å². The van der Waals surface area contributed by atoms with E-state index in [9.17, 15) is 14.4 Å². The number of amides is 3. The number of carbonyl (C=O) groups is 3. The maximum Gasteiger partial charge on any atom is 0.341 e. The average Bonchev–Trinajstić information content (AvgIpc) is 2.91. The smallest absolute Gasteiger partial charge is 0.341 e. The molecule has 0 bridgehead atoms. The highest BCUT2D eigenvalue weighted by Crippen LogP contribution is 2.25. The van der Waals surface area contributed by atoms with Crippen LogP contribution in [-0.2, 0) is 16.1 Å². The number of benzene rings is 3. The number of carbonyl (C=O) groups excluding carboxylic acids is 3. The molecule has 3 aromatic carbocycles. The summed E-state index contributed by atoms with van der Waals surface area (Å²) in [5.74, 6) is -0.681. The van der Waals surface area contributed by atoms with Crippen LogP contribution in [-0.4, -0.2) is 37.4 Å². The van der Waals surface area contributed by atoms with Gasteiger partial charge in [0, 0.05) is 11.3 Å². The molecule has 10 heteroatoms. The Morgan fingerprint density at radius 1 is 1.00 bits per heavy atom. The highest BCUT2D eigenvalue weighted by atomic mass is 16.5. The van der Waals surface area contributed by atoms with Crippen LogP contribution in [0.4, 0.5) is 10.5 Å². The summed E-state index contributed by atoms with van der Waals surface area (Å²) >= 11 is 0. The lowest BCUT2D eigenvalue weighted by Crippen LogP contribution is -2.39. The number of hydrogen-bond acceptors (Lipinski definition) is 6. The van der Waals surface area contributed by atoms with Crippen molar-refractivity contribution in [3.05, 3.63) is 95.1 Å². The number of nitrogens with one attached hydrogen (secondary N) is 4. The molecule has 1 unspecified atom stereocenters. The number of methoxy groups -OCH3 is 1. The molecule has 0 saturated carbocycles. The lowest BCUT2D eigenvalue weighted by molar-refractivity contribution is -0.120. The van der Waals surface area contributed by atoms with E-state index < -0.39 is 23.9 Å². The molecule has 10 nitrogen and oxygen atoms in total. The third-order valence-electron chi connectivity index (χ3n) is 5.39. The monoisotopic (exact) mass is 503 g/mol. The van der Waals surface area contributed by atoms with Crippen LogP contribution >= 0.6 is 0 Å². The standard InChI is InChI=1S/C27H29N5O5/c1-17(31-24(33)15-30-27(35)32-21-11-8-19(9-12-21)25(28)29)20-10-13-23(22(14-20)26(34)36-2)37-16-18-6-4-3-5-7-18/h3-14,17H,15-16H2,1-2H3,(H3,28,29)(H,31,33)(H2,30,32,35). The Hall–Kier alpha value is -4.86. The molecule has 0 aliphatic carbocycles. The first-order valence-electron chi connectivity index (χ1n) is 11.4. The van der Waals surface area contributed by atoms with Gasteiger partial charge in [0.25, 0.3) is 0 Å². The Morgan fingerprint density at radius 2 is 1.70 bits per heavy atom. The molecule has 0 saturated heterocycles. The lowest BCUT2D eigenvalue weighted by Gasteiger charge is -2.17. The molecular weight excluding hydrogens is 474 g/mol. The van der Waals surface area contributed by atoms with E-state index in [1.807, 2.05) is 30.3 Å². The third-order valence-corrected chi connectivity index (χ3v) is 5.39. The molecule has 37 heavy (non-hydrogen) atoms. The van der Waals surface area contributed by atoms with Gasteiger partial charge in [-0.15, -0.1) is 0 Å². The normalized spacial score (nSPS) is 11.1. The van der Waals surface area contributed by atoms with E-state index in [2.05, 4.69) is 16.0 Å². The van der Waals surface area contributed by atoms with Crippen molar-refractivity contribution in [3.8, 4) is 5.75 Å². The van der Waals surface area contributed by atoms with Gasteiger partial charge in [0.1, 0.15) is 23.8 Å². The van der Waals surface area contributed by atoms with E-state index in [1.54, 1.807) is 49.4 Å².